The van der Waals surface area contributed by atoms with Gasteiger partial charge in [-0.05, 0) is 12.1 Å². The maximum atomic E-state index is 8.20. The molecule has 0 spiro atoms. The SMILES string of the molecule is N#CCNCc1cccnn1. The molecule has 0 aliphatic rings. The van der Waals surface area contributed by atoms with Crippen LogP contribution in [0.25, 0.3) is 0 Å². The fourth-order valence-electron chi connectivity index (χ4n) is 0.674. The number of aromatic nitrogens is 2. The molecule has 0 atom stereocenters. The molecule has 0 saturated heterocycles. The zero-order valence-corrected chi connectivity index (χ0v) is 5.99. The van der Waals surface area contributed by atoms with Gasteiger partial charge in [0.2, 0.25) is 0 Å². The van der Waals surface area contributed by atoms with Crippen LogP contribution in [0.15, 0.2) is 18.3 Å². The van der Waals surface area contributed by atoms with Gasteiger partial charge < -0.3 is 0 Å². The smallest absolute Gasteiger partial charge is 0.0844 e. The highest BCUT2D eigenvalue weighted by Gasteiger charge is 1.90. The van der Waals surface area contributed by atoms with Gasteiger partial charge in [0.05, 0.1) is 18.3 Å². The summed E-state index contributed by atoms with van der Waals surface area (Å²) < 4.78 is 0. The second-order valence-corrected chi connectivity index (χ2v) is 1.98. The molecule has 0 aromatic carbocycles. The molecule has 1 rings (SSSR count). The second kappa shape index (κ2) is 4.36. The Morgan fingerprint density at radius 1 is 1.64 bits per heavy atom. The van der Waals surface area contributed by atoms with E-state index in [1.807, 2.05) is 18.2 Å². The Kier molecular flexibility index (Phi) is 3.03. The third-order valence-electron chi connectivity index (χ3n) is 1.14. The highest BCUT2D eigenvalue weighted by molar-refractivity contribution is 4.98. The largest absolute Gasteiger partial charge is 0.299 e. The van der Waals surface area contributed by atoms with E-state index in [1.54, 1.807) is 6.20 Å². The molecule has 1 heterocycles. The predicted molar refractivity (Wildman–Crippen MR) is 39.4 cm³/mol. The van der Waals surface area contributed by atoms with Crippen LogP contribution in [0, 0.1) is 11.3 Å². The molecular weight excluding hydrogens is 140 g/mol. The molecule has 1 N–H and O–H groups in total. The lowest BCUT2D eigenvalue weighted by molar-refractivity contribution is 0.729. The summed E-state index contributed by atoms with van der Waals surface area (Å²) in [6, 6.07) is 5.65. The van der Waals surface area contributed by atoms with E-state index >= 15 is 0 Å². The summed E-state index contributed by atoms with van der Waals surface area (Å²) in [5.41, 5.74) is 0.850. The summed E-state index contributed by atoms with van der Waals surface area (Å²) in [6.07, 6.45) is 1.62. The molecule has 0 bridgehead atoms. The first-order valence-corrected chi connectivity index (χ1v) is 3.27. The molecule has 1 aromatic rings. The Balaban J connectivity index is 2.35. The van der Waals surface area contributed by atoms with Crippen LogP contribution in [0.4, 0.5) is 0 Å². The fraction of sp³-hybridized carbons (Fsp3) is 0.286. The van der Waals surface area contributed by atoms with E-state index in [0.29, 0.717) is 13.1 Å². The average molecular weight is 148 g/mol. The van der Waals surface area contributed by atoms with Crippen molar-refractivity contribution in [2.45, 2.75) is 6.54 Å². The van der Waals surface area contributed by atoms with Crippen molar-refractivity contribution in [2.75, 3.05) is 6.54 Å². The van der Waals surface area contributed by atoms with Crippen LogP contribution in [-0.4, -0.2) is 16.7 Å². The minimum absolute atomic E-state index is 0.344. The zero-order valence-electron chi connectivity index (χ0n) is 5.99. The van der Waals surface area contributed by atoms with Gasteiger partial charge in [0.25, 0.3) is 0 Å². The van der Waals surface area contributed by atoms with Gasteiger partial charge in [0, 0.05) is 12.7 Å². The van der Waals surface area contributed by atoms with Gasteiger partial charge in [-0.1, -0.05) is 0 Å². The van der Waals surface area contributed by atoms with E-state index in [-0.39, 0.29) is 0 Å². The monoisotopic (exact) mass is 148 g/mol. The number of rotatable bonds is 3. The van der Waals surface area contributed by atoms with E-state index in [0.717, 1.165) is 5.69 Å². The number of hydrogen-bond donors (Lipinski definition) is 1. The first-order chi connectivity index (χ1) is 5.43. The quantitative estimate of drug-likeness (QED) is 0.487. The van der Waals surface area contributed by atoms with Crippen molar-refractivity contribution in [3.63, 3.8) is 0 Å². The Morgan fingerprint density at radius 3 is 3.18 bits per heavy atom. The summed E-state index contributed by atoms with van der Waals surface area (Å²) in [6.45, 7) is 0.942. The number of hydrogen-bond acceptors (Lipinski definition) is 4. The molecule has 0 fully saturated rings. The van der Waals surface area contributed by atoms with Crippen molar-refractivity contribution in [1.29, 1.82) is 5.26 Å². The summed E-state index contributed by atoms with van der Waals surface area (Å²) >= 11 is 0. The highest BCUT2D eigenvalue weighted by atomic mass is 15.1. The van der Waals surface area contributed by atoms with Gasteiger partial charge in [-0.2, -0.15) is 15.5 Å². The highest BCUT2D eigenvalue weighted by Crippen LogP contribution is 1.88. The molecule has 0 saturated carbocycles. The molecule has 0 radical (unpaired) electrons. The number of nitriles is 1. The van der Waals surface area contributed by atoms with Crippen molar-refractivity contribution in [1.82, 2.24) is 15.5 Å². The third-order valence-corrected chi connectivity index (χ3v) is 1.14. The summed E-state index contributed by atoms with van der Waals surface area (Å²) in [5, 5.41) is 18.6. The van der Waals surface area contributed by atoms with Crippen LogP contribution >= 0.6 is 0 Å². The lowest BCUT2D eigenvalue weighted by atomic mass is 10.4. The first-order valence-electron chi connectivity index (χ1n) is 3.27. The Labute approximate surface area is 64.9 Å². The molecule has 1 aromatic heterocycles. The molecule has 0 amide bonds. The van der Waals surface area contributed by atoms with Crippen molar-refractivity contribution in [3.05, 3.63) is 24.0 Å². The van der Waals surface area contributed by atoms with E-state index in [2.05, 4.69) is 15.5 Å². The molecule has 4 heteroatoms. The number of nitrogens with one attached hydrogen (secondary N) is 1. The molecule has 56 valence electrons. The maximum absolute atomic E-state index is 8.20. The van der Waals surface area contributed by atoms with Gasteiger partial charge in [0.15, 0.2) is 0 Å². The molecule has 0 unspecified atom stereocenters. The summed E-state index contributed by atoms with van der Waals surface area (Å²) in [7, 11) is 0. The second-order valence-electron chi connectivity index (χ2n) is 1.98. The Morgan fingerprint density at radius 2 is 2.55 bits per heavy atom. The topological polar surface area (TPSA) is 61.6 Å². The van der Waals surface area contributed by atoms with Crippen molar-refractivity contribution >= 4 is 0 Å². The maximum Gasteiger partial charge on any atom is 0.0844 e. The lowest BCUT2D eigenvalue weighted by Crippen LogP contribution is -2.14. The molecule has 11 heavy (non-hydrogen) atoms. The van der Waals surface area contributed by atoms with Gasteiger partial charge in [-0.25, -0.2) is 0 Å². The molecular formula is C7H8N4. The van der Waals surface area contributed by atoms with Crippen molar-refractivity contribution < 1.29 is 0 Å². The average Bonchev–Trinajstić information content (AvgIpc) is 2.07. The lowest BCUT2D eigenvalue weighted by Gasteiger charge is -1.96. The third kappa shape index (κ3) is 2.74. The normalized spacial score (nSPS) is 9.00. The fourth-order valence-corrected chi connectivity index (χ4v) is 0.674. The summed E-state index contributed by atoms with van der Waals surface area (Å²) in [4.78, 5) is 0. The van der Waals surface area contributed by atoms with E-state index in [4.69, 9.17) is 5.26 Å². The van der Waals surface area contributed by atoms with Gasteiger partial charge in [-0.3, -0.25) is 5.32 Å². The number of nitrogens with zero attached hydrogens (tertiary/aromatic N) is 3. The minimum atomic E-state index is 0.344. The Hall–Kier alpha value is -1.47. The van der Waals surface area contributed by atoms with Crippen molar-refractivity contribution in [2.24, 2.45) is 0 Å². The van der Waals surface area contributed by atoms with Gasteiger partial charge in [-0.15, -0.1) is 0 Å². The van der Waals surface area contributed by atoms with Crippen molar-refractivity contribution in [3.8, 4) is 6.07 Å². The van der Waals surface area contributed by atoms with E-state index < -0.39 is 0 Å². The molecule has 4 nitrogen and oxygen atoms in total. The first kappa shape index (κ1) is 7.63. The van der Waals surface area contributed by atoms with Crippen LogP contribution in [0.3, 0.4) is 0 Å². The van der Waals surface area contributed by atoms with Crippen LogP contribution in [0.5, 0.6) is 0 Å². The van der Waals surface area contributed by atoms with Crippen LogP contribution in [0.2, 0.25) is 0 Å². The summed E-state index contributed by atoms with van der Waals surface area (Å²) in [5.74, 6) is 0. The Bertz CT molecular complexity index is 238. The van der Waals surface area contributed by atoms with E-state index in [1.165, 1.54) is 0 Å². The predicted octanol–water partition coefficient (Wildman–Crippen LogP) is 0.0898. The zero-order chi connectivity index (χ0) is 7.94. The molecule has 0 aliphatic heterocycles. The standard InChI is InChI=1S/C7H8N4/c8-3-5-9-6-7-2-1-4-10-11-7/h1-2,4,9H,5-6H2. The van der Waals surface area contributed by atoms with Crippen LogP contribution in [-0.2, 0) is 6.54 Å². The van der Waals surface area contributed by atoms with Gasteiger partial charge >= 0.3 is 0 Å². The van der Waals surface area contributed by atoms with Crippen LogP contribution < -0.4 is 5.32 Å². The minimum Gasteiger partial charge on any atom is -0.299 e. The molecule has 0 aliphatic carbocycles. The van der Waals surface area contributed by atoms with Crippen LogP contribution in [0.1, 0.15) is 5.69 Å². The van der Waals surface area contributed by atoms with Gasteiger partial charge in [0.1, 0.15) is 0 Å². The van der Waals surface area contributed by atoms with E-state index in [9.17, 15) is 0 Å².